The summed E-state index contributed by atoms with van der Waals surface area (Å²) in [4.78, 5) is 12.5. The molecule has 8 heteroatoms. The average Bonchev–Trinajstić information content (AvgIpc) is 3.75. The Balaban J connectivity index is 0.000000270. The van der Waals surface area contributed by atoms with Crippen LogP contribution < -0.4 is 9.64 Å². The standard InChI is InChI=1S/C27H17N3O.C11H7N2.2Pt/c1-29-15-16-30(20-29)24-10-6-12-26(19-24)31-25-11-5-9-23(17-25)27-18-22(13-14-28-27)21-7-3-2-4-8-21;1-2-13-9-8-12-11(13)10-6-4-3-5-7-10;;/h2-7,10-16,20H,1H3;3-9H;;/q-6;-1;;+4. The number of hydrogen-bond donors (Lipinski definition) is 0. The minimum atomic E-state index is 0. The van der Waals surface area contributed by atoms with Gasteiger partial charge in [0.25, 0.3) is 0 Å². The third-order valence-electron chi connectivity index (χ3n) is 6.46. The van der Waals surface area contributed by atoms with Gasteiger partial charge < -0.3 is 37.6 Å². The molecule has 6 nitrogen and oxygen atoms in total. The van der Waals surface area contributed by atoms with E-state index in [9.17, 15) is 0 Å². The summed E-state index contributed by atoms with van der Waals surface area (Å²) in [5.74, 6) is 1.91. The Morgan fingerprint density at radius 1 is 0.783 bits per heavy atom. The van der Waals surface area contributed by atoms with Gasteiger partial charge in [-0.3, -0.25) is 16.7 Å². The molecule has 4 aromatic carbocycles. The summed E-state index contributed by atoms with van der Waals surface area (Å²) in [7, 11) is 1.98. The first kappa shape index (κ1) is 34.2. The van der Waals surface area contributed by atoms with Crippen molar-refractivity contribution in [3.63, 3.8) is 0 Å². The van der Waals surface area contributed by atoms with E-state index < -0.39 is 0 Å². The molecule has 0 aliphatic carbocycles. The second-order valence-electron chi connectivity index (χ2n) is 9.54. The Labute approximate surface area is 298 Å². The van der Waals surface area contributed by atoms with Gasteiger partial charge >= 0.3 is 21.1 Å². The van der Waals surface area contributed by atoms with Gasteiger partial charge in [0.05, 0.1) is 0 Å². The van der Waals surface area contributed by atoms with Crippen molar-refractivity contribution in [1.29, 1.82) is 0 Å². The molecule has 3 heterocycles. The predicted octanol–water partition coefficient (Wildman–Crippen LogP) is 7.49. The molecule has 7 rings (SSSR count). The number of rotatable bonds is 6. The van der Waals surface area contributed by atoms with Gasteiger partial charge in [0, 0.05) is 44.8 Å². The average molecular weight is 957 g/mol. The van der Waals surface area contributed by atoms with Gasteiger partial charge in [0.15, 0.2) is 0 Å². The number of ether oxygens (including phenoxy) is 1. The molecule has 0 amide bonds. The molecule has 0 atom stereocenters. The minimum Gasteiger partial charge on any atom is -0.669 e. The van der Waals surface area contributed by atoms with Crippen LogP contribution in [0, 0.1) is 49.5 Å². The molecule has 1 aliphatic rings. The van der Waals surface area contributed by atoms with Crippen molar-refractivity contribution in [3.8, 4) is 51.3 Å². The van der Waals surface area contributed by atoms with Crippen molar-refractivity contribution in [2.45, 2.75) is 0 Å². The van der Waals surface area contributed by atoms with Crippen LogP contribution in [-0.4, -0.2) is 26.5 Å². The zero-order valence-corrected chi connectivity index (χ0v) is 28.9. The summed E-state index contributed by atoms with van der Waals surface area (Å²) in [6.45, 7) is 1.97. The van der Waals surface area contributed by atoms with E-state index in [1.165, 1.54) is 0 Å². The van der Waals surface area contributed by atoms with Crippen molar-refractivity contribution in [3.05, 3.63) is 165 Å². The van der Waals surface area contributed by atoms with E-state index >= 15 is 0 Å². The Morgan fingerprint density at radius 3 is 2.37 bits per heavy atom. The summed E-state index contributed by atoms with van der Waals surface area (Å²) in [6, 6.07) is 47.4. The number of anilines is 1. The fourth-order valence-corrected chi connectivity index (χ4v) is 4.37. The Bertz CT molecular complexity index is 1920. The zero-order chi connectivity index (χ0) is 30.1. The third kappa shape index (κ3) is 8.52. The Hall–Kier alpha value is -4.68. The van der Waals surface area contributed by atoms with Gasteiger partial charge in [-0.2, -0.15) is 54.8 Å². The summed E-state index contributed by atoms with van der Waals surface area (Å²) in [5, 5.41) is 0. The second-order valence-corrected chi connectivity index (χ2v) is 9.54. The number of benzene rings is 4. The fourth-order valence-electron chi connectivity index (χ4n) is 4.37. The van der Waals surface area contributed by atoms with Crippen molar-refractivity contribution in [2.75, 3.05) is 11.9 Å². The molecular formula is C38H24N5OPt2-3. The molecule has 0 fully saturated rings. The first-order valence-electron chi connectivity index (χ1n) is 13.7. The van der Waals surface area contributed by atoms with Crippen molar-refractivity contribution in [2.24, 2.45) is 0 Å². The van der Waals surface area contributed by atoms with Gasteiger partial charge in [0.2, 0.25) is 0 Å². The van der Waals surface area contributed by atoms with Crippen molar-refractivity contribution < 1.29 is 46.9 Å². The quantitative estimate of drug-likeness (QED) is 0.128. The number of imidazole rings is 1. The molecule has 0 saturated heterocycles. The molecule has 46 heavy (non-hydrogen) atoms. The normalized spacial score (nSPS) is 11.4. The Kier molecular flexibility index (Phi) is 12.3. The monoisotopic (exact) mass is 956 g/mol. The summed E-state index contributed by atoms with van der Waals surface area (Å²) in [5.41, 5.74) is 5.10. The first-order valence-corrected chi connectivity index (χ1v) is 13.7. The number of pyridine rings is 1. The van der Waals surface area contributed by atoms with Crippen molar-refractivity contribution in [1.82, 2.24) is 19.4 Å². The zero-order valence-electron chi connectivity index (χ0n) is 24.4. The Morgan fingerprint density at radius 2 is 1.61 bits per heavy atom. The molecule has 230 valence electrons. The maximum Gasteiger partial charge on any atom is 4.00 e. The van der Waals surface area contributed by atoms with Crippen LogP contribution in [0.5, 0.6) is 11.5 Å². The van der Waals surface area contributed by atoms with Crippen LogP contribution in [0.1, 0.15) is 0 Å². The van der Waals surface area contributed by atoms with E-state index in [1.54, 1.807) is 29.2 Å². The SMILES string of the molecule is CN1C=CN(c2[c-]c(Oc3[c-]c(-c4[c-]c(-c5[c-]cccc5)ccn4)[c-]cc3)ccc2)[CH-]1.[C-]#Cn1ccnc1-c1ccccc1.[Pt+4].[Pt]. The topological polar surface area (TPSA) is 46.4 Å². The van der Waals surface area contributed by atoms with Crippen LogP contribution in [0.3, 0.4) is 0 Å². The van der Waals surface area contributed by atoms with E-state index in [0.717, 1.165) is 28.2 Å². The molecule has 0 bridgehead atoms. The van der Waals surface area contributed by atoms with E-state index in [2.05, 4.69) is 46.3 Å². The third-order valence-corrected chi connectivity index (χ3v) is 6.46. The molecule has 0 unspecified atom stereocenters. The smallest absolute Gasteiger partial charge is 0.669 e. The summed E-state index contributed by atoms with van der Waals surface area (Å²) >= 11 is 0. The molecule has 0 radical (unpaired) electrons. The van der Waals surface area contributed by atoms with Crippen LogP contribution in [-0.2, 0) is 42.1 Å². The van der Waals surface area contributed by atoms with E-state index in [1.807, 2.05) is 121 Å². The molecule has 2 aromatic heterocycles. The molecule has 1 aliphatic heterocycles. The fraction of sp³-hybridized carbons (Fsp3) is 0.0263. The van der Waals surface area contributed by atoms with Crippen LogP contribution in [0.15, 0.2) is 122 Å². The van der Waals surface area contributed by atoms with Gasteiger partial charge in [-0.05, 0) is 25.6 Å². The molecule has 0 spiro atoms. The largest absolute Gasteiger partial charge is 4.00 e. The van der Waals surface area contributed by atoms with Gasteiger partial charge in [-0.25, -0.2) is 28.2 Å². The van der Waals surface area contributed by atoms with Crippen molar-refractivity contribution >= 4 is 5.69 Å². The number of nitrogens with zero attached hydrogens (tertiary/aromatic N) is 5. The molecule has 6 aromatic rings. The van der Waals surface area contributed by atoms with Crippen LogP contribution in [0.2, 0.25) is 0 Å². The van der Waals surface area contributed by atoms with Gasteiger partial charge in [0.1, 0.15) is 5.82 Å². The molecule has 0 saturated carbocycles. The number of hydrogen-bond acceptors (Lipinski definition) is 5. The molecule has 0 N–H and O–H groups in total. The van der Waals surface area contributed by atoms with Gasteiger partial charge in [-0.15, -0.1) is 30.0 Å². The first-order chi connectivity index (χ1) is 21.7. The maximum absolute atomic E-state index is 7.02. The van der Waals surface area contributed by atoms with Crippen LogP contribution in [0.4, 0.5) is 5.69 Å². The van der Waals surface area contributed by atoms with Gasteiger partial charge in [-0.1, -0.05) is 36.1 Å². The van der Waals surface area contributed by atoms with E-state index in [4.69, 9.17) is 11.2 Å². The van der Waals surface area contributed by atoms with E-state index in [0.29, 0.717) is 22.8 Å². The second kappa shape index (κ2) is 16.6. The van der Waals surface area contributed by atoms with Crippen LogP contribution in [0.25, 0.3) is 33.8 Å². The molecular weight excluding hydrogens is 933 g/mol. The minimum absolute atomic E-state index is 0. The van der Waals surface area contributed by atoms with E-state index in [-0.39, 0.29) is 42.1 Å². The summed E-state index contributed by atoms with van der Waals surface area (Å²) < 4.78 is 7.58. The number of aromatic nitrogens is 3. The maximum atomic E-state index is 7.02. The predicted molar refractivity (Wildman–Crippen MR) is 170 cm³/mol. The summed E-state index contributed by atoms with van der Waals surface area (Å²) in [6.07, 6.45) is 16.1. The van der Waals surface area contributed by atoms with Crippen LogP contribution >= 0.6 is 0 Å².